The van der Waals surface area contributed by atoms with E-state index in [9.17, 15) is 9.90 Å². The number of carbonyl (C=O) groups is 1. The lowest BCUT2D eigenvalue weighted by Crippen LogP contribution is -2.44. The average molecular weight is 484 g/mol. The van der Waals surface area contributed by atoms with E-state index in [1.807, 2.05) is 30.3 Å². The minimum Gasteiger partial charge on any atom is -0.497 e. The van der Waals surface area contributed by atoms with Crippen LogP contribution >= 0.6 is 11.8 Å². The fraction of sp³-hybridized carbons (Fsp3) is 0.423. The van der Waals surface area contributed by atoms with Crippen LogP contribution in [0, 0.1) is 11.8 Å². The van der Waals surface area contributed by atoms with E-state index in [2.05, 4.69) is 14.9 Å². The molecule has 34 heavy (non-hydrogen) atoms. The largest absolute Gasteiger partial charge is 0.497 e. The van der Waals surface area contributed by atoms with Crippen molar-refractivity contribution in [1.82, 2.24) is 14.9 Å². The van der Waals surface area contributed by atoms with Crippen molar-refractivity contribution >= 4 is 28.6 Å². The highest BCUT2D eigenvalue weighted by Crippen LogP contribution is 2.35. The molecule has 3 aromatic rings. The van der Waals surface area contributed by atoms with Crippen molar-refractivity contribution in [2.24, 2.45) is 11.8 Å². The summed E-state index contributed by atoms with van der Waals surface area (Å²) in [5.74, 6) is 0.274. The van der Waals surface area contributed by atoms with E-state index in [1.54, 1.807) is 43.5 Å². The number of aromatic nitrogens is 2. The second kappa shape index (κ2) is 11.6. The van der Waals surface area contributed by atoms with Crippen molar-refractivity contribution in [3.05, 3.63) is 60.6 Å². The third kappa shape index (κ3) is 6.04. The zero-order valence-corrected chi connectivity index (χ0v) is 20.1. The number of fused-ring (bicyclic) bond motifs is 1. The number of thioether (sulfide) groups is 1. The van der Waals surface area contributed by atoms with Crippen LogP contribution in [0.3, 0.4) is 0 Å². The van der Waals surface area contributed by atoms with Crippen LogP contribution in [-0.2, 0) is 4.79 Å². The number of likely N-dealkylation sites (tertiary alicyclic amines) is 1. The number of ether oxygens (including phenoxy) is 1. The first-order valence-electron chi connectivity index (χ1n) is 11.6. The molecule has 0 amide bonds. The van der Waals surface area contributed by atoms with Crippen molar-refractivity contribution in [3.63, 3.8) is 0 Å². The van der Waals surface area contributed by atoms with E-state index >= 15 is 4.39 Å². The molecule has 0 saturated carbocycles. The van der Waals surface area contributed by atoms with Gasteiger partial charge in [0.25, 0.3) is 0 Å². The van der Waals surface area contributed by atoms with Gasteiger partial charge >= 0.3 is 5.97 Å². The first-order valence-corrected chi connectivity index (χ1v) is 12.6. The average Bonchev–Trinajstić information content (AvgIpc) is 2.87. The van der Waals surface area contributed by atoms with Gasteiger partial charge in [-0.15, -0.1) is 11.8 Å². The molecule has 0 radical (unpaired) electrons. The van der Waals surface area contributed by atoms with Crippen LogP contribution in [0.1, 0.15) is 31.0 Å². The van der Waals surface area contributed by atoms with Gasteiger partial charge in [0.2, 0.25) is 0 Å². The summed E-state index contributed by atoms with van der Waals surface area (Å²) >= 11 is 1.75. The minimum atomic E-state index is -1.18. The van der Waals surface area contributed by atoms with E-state index in [-0.39, 0.29) is 5.92 Å². The Hall–Kier alpha value is -2.71. The number of rotatable bonds is 10. The lowest BCUT2D eigenvalue weighted by atomic mass is 9.81. The van der Waals surface area contributed by atoms with Gasteiger partial charge in [-0.25, -0.2) is 4.39 Å². The zero-order valence-electron chi connectivity index (χ0n) is 19.3. The van der Waals surface area contributed by atoms with Crippen LogP contribution in [-0.4, -0.2) is 58.4 Å². The second-order valence-electron chi connectivity index (χ2n) is 8.65. The topological polar surface area (TPSA) is 75.5 Å². The maximum atomic E-state index is 15.4. The SMILES string of the molecule is COc1ccc2nccc([C@H](F)CC[C@@H]3CCN(CCSc4ccncc4)C[C@@H]3C(=O)O)c2c1. The highest BCUT2D eigenvalue weighted by atomic mass is 32.2. The van der Waals surface area contributed by atoms with E-state index in [0.717, 1.165) is 41.1 Å². The lowest BCUT2D eigenvalue weighted by Gasteiger charge is -2.36. The fourth-order valence-corrected chi connectivity index (χ4v) is 5.59. The number of carboxylic acid groups (broad SMARTS) is 1. The number of carboxylic acids is 1. The quantitative estimate of drug-likeness (QED) is 0.395. The molecule has 0 unspecified atom stereocenters. The number of hydrogen-bond acceptors (Lipinski definition) is 6. The van der Waals surface area contributed by atoms with Crippen LogP contribution in [0.2, 0.25) is 0 Å². The van der Waals surface area contributed by atoms with Crippen molar-refractivity contribution in [2.75, 3.05) is 32.5 Å². The smallest absolute Gasteiger partial charge is 0.308 e. The van der Waals surface area contributed by atoms with Gasteiger partial charge in [0.05, 0.1) is 18.5 Å². The summed E-state index contributed by atoms with van der Waals surface area (Å²) in [7, 11) is 1.58. The van der Waals surface area contributed by atoms with Crippen LogP contribution in [0.5, 0.6) is 5.75 Å². The molecule has 1 N–H and O–H groups in total. The van der Waals surface area contributed by atoms with Gasteiger partial charge in [-0.2, -0.15) is 0 Å². The summed E-state index contributed by atoms with van der Waals surface area (Å²) < 4.78 is 20.6. The van der Waals surface area contributed by atoms with Crippen molar-refractivity contribution in [2.45, 2.75) is 30.3 Å². The van der Waals surface area contributed by atoms with E-state index in [0.29, 0.717) is 30.7 Å². The van der Waals surface area contributed by atoms with Crippen LogP contribution in [0.25, 0.3) is 10.9 Å². The summed E-state index contributed by atoms with van der Waals surface area (Å²) in [6.45, 7) is 2.20. The molecule has 2 aromatic heterocycles. The molecule has 1 aliphatic rings. The highest BCUT2D eigenvalue weighted by Gasteiger charge is 2.34. The number of pyridine rings is 2. The van der Waals surface area contributed by atoms with Crippen molar-refractivity contribution < 1.29 is 19.0 Å². The molecule has 3 heterocycles. The third-order valence-electron chi connectivity index (χ3n) is 6.59. The van der Waals surface area contributed by atoms with Gasteiger partial charge in [-0.1, -0.05) is 0 Å². The van der Waals surface area contributed by atoms with E-state index < -0.39 is 18.1 Å². The molecule has 8 heteroatoms. The Labute approximate surface area is 203 Å². The first-order chi connectivity index (χ1) is 16.5. The molecule has 0 aliphatic carbocycles. The van der Waals surface area contributed by atoms with Gasteiger partial charge < -0.3 is 14.7 Å². The molecule has 6 nitrogen and oxygen atoms in total. The molecular formula is C26H30FN3O3S. The molecule has 4 rings (SSSR count). The van der Waals surface area contributed by atoms with Crippen LogP contribution < -0.4 is 4.74 Å². The molecule has 180 valence electrons. The summed E-state index contributed by atoms with van der Waals surface area (Å²) in [6.07, 6.45) is 5.61. The predicted molar refractivity (Wildman–Crippen MR) is 132 cm³/mol. The Balaban J connectivity index is 1.34. The number of halogens is 1. The third-order valence-corrected chi connectivity index (χ3v) is 7.59. The highest BCUT2D eigenvalue weighted by molar-refractivity contribution is 7.99. The summed E-state index contributed by atoms with van der Waals surface area (Å²) in [5, 5.41) is 10.6. The van der Waals surface area contributed by atoms with Gasteiger partial charge in [-0.3, -0.25) is 14.8 Å². The number of piperidine rings is 1. The van der Waals surface area contributed by atoms with E-state index in [1.165, 1.54) is 0 Å². The number of aliphatic carboxylic acids is 1. The first kappa shape index (κ1) is 24.4. The maximum absolute atomic E-state index is 15.4. The number of benzene rings is 1. The van der Waals surface area contributed by atoms with E-state index in [4.69, 9.17) is 4.74 Å². The predicted octanol–water partition coefficient (Wildman–Crippen LogP) is 5.24. The minimum absolute atomic E-state index is 0.0255. The molecule has 1 fully saturated rings. The van der Waals surface area contributed by atoms with Crippen LogP contribution in [0.15, 0.2) is 59.9 Å². The fourth-order valence-electron chi connectivity index (χ4n) is 4.69. The normalized spacial score (nSPS) is 19.7. The summed E-state index contributed by atoms with van der Waals surface area (Å²) in [5.41, 5.74) is 1.31. The number of alkyl halides is 1. The monoisotopic (exact) mass is 483 g/mol. The number of hydrogen-bond donors (Lipinski definition) is 1. The molecule has 3 atom stereocenters. The zero-order chi connectivity index (χ0) is 23.9. The molecular weight excluding hydrogens is 453 g/mol. The number of nitrogens with zero attached hydrogens (tertiary/aromatic N) is 3. The van der Waals surface area contributed by atoms with Crippen molar-refractivity contribution in [1.29, 1.82) is 0 Å². The number of methoxy groups -OCH3 is 1. The Kier molecular flexibility index (Phi) is 8.34. The lowest BCUT2D eigenvalue weighted by molar-refractivity contribution is -0.146. The molecule has 1 saturated heterocycles. The standard InChI is InChI=1S/C26H30FN3O3S/c1-33-19-3-5-25-22(16-19)21(8-12-29-25)24(27)4-2-18-9-13-30(17-23(18)26(31)32)14-15-34-20-6-10-28-11-7-20/h3,5-8,10-12,16,18,23-24H,2,4,9,13-15,17H2,1H3,(H,31,32)/t18-,23+,24-/m1/s1. The Morgan fingerprint density at radius 1 is 1.26 bits per heavy atom. The van der Waals surface area contributed by atoms with Crippen molar-refractivity contribution in [3.8, 4) is 5.75 Å². The second-order valence-corrected chi connectivity index (χ2v) is 9.82. The van der Waals surface area contributed by atoms with Gasteiger partial charge in [0, 0.05) is 47.7 Å². The molecule has 1 aromatic carbocycles. The summed E-state index contributed by atoms with van der Waals surface area (Å²) in [4.78, 5) is 23.7. The van der Waals surface area contributed by atoms with Gasteiger partial charge in [0.1, 0.15) is 11.9 Å². The molecule has 0 spiro atoms. The van der Waals surface area contributed by atoms with Crippen LogP contribution in [0.4, 0.5) is 4.39 Å². The Morgan fingerprint density at radius 3 is 2.85 bits per heavy atom. The van der Waals surface area contributed by atoms with Gasteiger partial charge in [0.15, 0.2) is 0 Å². The van der Waals surface area contributed by atoms with Gasteiger partial charge in [-0.05, 0) is 73.7 Å². The molecule has 1 aliphatic heterocycles. The molecule has 0 bridgehead atoms. The Morgan fingerprint density at radius 2 is 2.09 bits per heavy atom. The Bertz CT molecular complexity index is 1100. The summed E-state index contributed by atoms with van der Waals surface area (Å²) in [6, 6.07) is 11.1. The maximum Gasteiger partial charge on any atom is 0.308 e.